The molecule has 5 nitrogen and oxygen atoms in total. The van der Waals surface area contributed by atoms with Crippen LogP contribution in [0.25, 0.3) is 0 Å². The molecule has 0 aromatic carbocycles. The second-order valence-electron chi connectivity index (χ2n) is 0.892. The number of carbonyl (C=O) groups excluding carboxylic acids is 2. The molecular weight excluding hydrogens is 420 g/mol. The summed E-state index contributed by atoms with van der Waals surface area (Å²) >= 11 is 4.29. The Morgan fingerprint density at radius 1 is 1.09 bits per heavy atom. The smallest absolute Gasteiger partial charge is 0.366 e. The van der Waals surface area contributed by atoms with Crippen molar-refractivity contribution in [2.24, 2.45) is 0 Å². The van der Waals surface area contributed by atoms with Gasteiger partial charge >= 0.3 is 7.95 Å². The van der Waals surface area contributed by atoms with Crippen molar-refractivity contribution in [1.82, 2.24) is 4.13 Å². The molecule has 0 radical (unpaired) electrons. The van der Waals surface area contributed by atoms with E-state index in [0.29, 0.717) is 24.5 Å². The van der Waals surface area contributed by atoms with Gasteiger partial charge in [0.15, 0.2) is 24.5 Å². The standard InChI is InChI=1S/C2HI2NO4S2/c3-1(6)8-10-5-11-9-2(4)7/h5H. The second kappa shape index (κ2) is 7.70. The number of carbonyl (C=O) groups is 2. The third-order valence-electron chi connectivity index (χ3n) is 0.282. The van der Waals surface area contributed by atoms with E-state index < -0.39 is 7.95 Å². The number of nitrogens with one attached hydrogen (secondary N) is 1. The molecule has 0 saturated carbocycles. The van der Waals surface area contributed by atoms with E-state index in [4.69, 9.17) is 0 Å². The summed E-state index contributed by atoms with van der Waals surface area (Å²) in [6.45, 7) is 0. The van der Waals surface area contributed by atoms with Gasteiger partial charge in [-0.1, -0.05) is 0 Å². The maximum atomic E-state index is 10.1. The van der Waals surface area contributed by atoms with Gasteiger partial charge in [-0.25, -0.2) is 9.59 Å². The van der Waals surface area contributed by atoms with Crippen LogP contribution in [0, 0.1) is 0 Å². The Morgan fingerprint density at radius 3 is 1.73 bits per heavy atom. The van der Waals surface area contributed by atoms with Crippen molar-refractivity contribution in [3.63, 3.8) is 0 Å². The molecule has 64 valence electrons. The van der Waals surface area contributed by atoms with Crippen molar-refractivity contribution in [2.45, 2.75) is 0 Å². The molecule has 11 heavy (non-hydrogen) atoms. The number of rotatable bonds is 4. The third kappa shape index (κ3) is 11.1. The van der Waals surface area contributed by atoms with Gasteiger partial charge in [-0.05, 0) is 0 Å². The molecule has 0 aromatic heterocycles. The average Bonchev–Trinajstić information content (AvgIpc) is 1.85. The Balaban J connectivity index is 3.03. The fourth-order valence-electron chi connectivity index (χ4n) is 0.113. The lowest BCUT2D eigenvalue weighted by Gasteiger charge is -1.97. The minimum absolute atomic E-state index is 0.457. The molecule has 0 atom stereocenters. The Hall–Kier alpha value is 1.06. The van der Waals surface area contributed by atoms with Crippen LogP contribution >= 0.6 is 69.6 Å². The molecule has 0 unspecified atom stereocenters. The second-order valence-corrected chi connectivity index (χ2v) is 3.99. The van der Waals surface area contributed by atoms with Crippen molar-refractivity contribution in [2.75, 3.05) is 0 Å². The maximum Gasteiger partial charge on any atom is 0.380 e. The van der Waals surface area contributed by atoms with E-state index in [1.54, 1.807) is 0 Å². The van der Waals surface area contributed by atoms with Crippen LogP contribution in [0.5, 0.6) is 0 Å². The Kier molecular flexibility index (Phi) is 8.44. The molecule has 0 bridgehead atoms. The Labute approximate surface area is 98.7 Å². The highest BCUT2D eigenvalue weighted by Gasteiger charge is 1.98. The number of hydrogen-bond donors (Lipinski definition) is 1. The average molecular weight is 421 g/mol. The minimum Gasteiger partial charge on any atom is -0.366 e. The van der Waals surface area contributed by atoms with E-state index >= 15 is 0 Å². The van der Waals surface area contributed by atoms with Gasteiger partial charge in [-0.15, -0.1) is 4.13 Å². The Bertz CT molecular complexity index is 139. The molecule has 0 aromatic rings. The van der Waals surface area contributed by atoms with Crippen molar-refractivity contribution in [1.29, 1.82) is 0 Å². The third-order valence-corrected chi connectivity index (χ3v) is 2.33. The first kappa shape index (κ1) is 12.1. The van der Waals surface area contributed by atoms with Crippen molar-refractivity contribution >= 4 is 77.6 Å². The van der Waals surface area contributed by atoms with Crippen LogP contribution in [0.4, 0.5) is 9.59 Å². The van der Waals surface area contributed by atoms with Gasteiger partial charge in [0.25, 0.3) is 0 Å². The van der Waals surface area contributed by atoms with Gasteiger partial charge in [0.2, 0.25) is 0 Å². The van der Waals surface area contributed by atoms with Gasteiger partial charge in [0.05, 0.1) is 45.2 Å². The van der Waals surface area contributed by atoms with Gasteiger partial charge < -0.3 is 8.37 Å². The van der Waals surface area contributed by atoms with E-state index in [-0.39, 0.29) is 0 Å². The molecule has 0 saturated heterocycles. The predicted molar refractivity (Wildman–Crippen MR) is 59.3 cm³/mol. The van der Waals surface area contributed by atoms with E-state index in [2.05, 4.69) is 12.5 Å². The maximum absolute atomic E-state index is 10.1. The summed E-state index contributed by atoms with van der Waals surface area (Å²) in [5.74, 6) is 0. The monoisotopic (exact) mass is 421 g/mol. The van der Waals surface area contributed by atoms with Crippen LogP contribution in [0.2, 0.25) is 0 Å². The zero-order valence-electron chi connectivity index (χ0n) is 4.71. The molecule has 0 spiro atoms. The summed E-state index contributed by atoms with van der Waals surface area (Å²) in [6, 6.07) is 0. The Morgan fingerprint density at radius 2 is 1.45 bits per heavy atom. The van der Waals surface area contributed by atoms with Crippen LogP contribution < -0.4 is 4.13 Å². The SMILES string of the molecule is O=C(I)OSNSOC(=O)I. The molecule has 0 aliphatic heterocycles. The minimum atomic E-state index is -0.457. The fourth-order valence-corrected chi connectivity index (χ4v) is 1.17. The summed E-state index contributed by atoms with van der Waals surface area (Å²) in [6.07, 6.45) is 0. The molecule has 9 heteroatoms. The van der Waals surface area contributed by atoms with Crippen LogP contribution in [-0.2, 0) is 8.37 Å². The van der Waals surface area contributed by atoms with Gasteiger partial charge in [-0.2, -0.15) is 0 Å². The topological polar surface area (TPSA) is 64.6 Å². The van der Waals surface area contributed by atoms with Crippen molar-refractivity contribution in [3.05, 3.63) is 0 Å². The fraction of sp³-hybridized carbons (Fsp3) is 0. The van der Waals surface area contributed by atoms with E-state index in [1.165, 1.54) is 45.2 Å². The summed E-state index contributed by atoms with van der Waals surface area (Å²) < 4.78 is 10.2. The molecule has 1 N–H and O–H groups in total. The van der Waals surface area contributed by atoms with Crippen LogP contribution in [0.3, 0.4) is 0 Å². The van der Waals surface area contributed by atoms with Gasteiger partial charge in [0.1, 0.15) is 0 Å². The van der Waals surface area contributed by atoms with Crippen LogP contribution in [-0.4, -0.2) is 7.95 Å². The van der Waals surface area contributed by atoms with Crippen LogP contribution in [0.1, 0.15) is 0 Å². The zero-order chi connectivity index (χ0) is 8.69. The van der Waals surface area contributed by atoms with Crippen molar-refractivity contribution < 1.29 is 18.0 Å². The lowest BCUT2D eigenvalue weighted by Crippen LogP contribution is -1.96. The summed E-state index contributed by atoms with van der Waals surface area (Å²) in [5, 5.41) is 0. The van der Waals surface area contributed by atoms with Gasteiger partial charge in [-0.3, -0.25) is 0 Å². The van der Waals surface area contributed by atoms with Crippen molar-refractivity contribution in [3.8, 4) is 0 Å². The normalized spacial score (nSPS) is 8.91. The molecule has 0 heterocycles. The first-order valence-corrected chi connectivity index (χ1v) is 5.58. The molecule has 0 aliphatic rings. The van der Waals surface area contributed by atoms with Gasteiger partial charge in [0, 0.05) is 0 Å². The summed E-state index contributed by atoms with van der Waals surface area (Å²) in [7, 11) is 0. The number of hydrogen-bond acceptors (Lipinski definition) is 7. The van der Waals surface area contributed by atoms with E-state index in [9.17, 15) is 9.59 Å². The molecule has 0 aliphatic carbocycles. The highest BCUT2D eigenvalue weighted by Crippen LogP contribution is 2.10. The number of halogens is 2. The highest BCUT2D eigenvalue weighted by atomic mass is 127. The summed E-state index contributed by atoms with van der Waals surface area (Å²) in [5.41, 5.74) is 0. The van der Waals surface area contributed by atoms with E-state index in [0.717, 1.165) is 0 Å². The first-order chi connectivity index (χ1) is 5.13. The lowest BCUT2D eigenvalue weighted by molar-refractivity contribution is 0.237. The molecule has 0 amide bonds. The molecule has 0 rings (SSSR count). The molecular formula is C2HI2NO4S2. The quantitative estimate of drug-likeness (QED) is 0.246. The lowest BCUT2D eigenvalue weighted by atomic mass is 11.7. The van der Waals surface area contributed by atoms with E-state index in [1.807, 2.05) is 0 Å². The largest absolute Gasteiger partial charge is 0.380 e. The first-order valence-electron chi connectivity index (χ1n) is 1.94. The van der Waals surface area contributed by atoms with Crippen LogP contribution in [0.15, 0.2) is 0 Å². The highest BCUT2D eigenvalue weighted by molar-refractivity contribution is 14.1. The summed E-state index contributed by atoms with van der Waals surface area (Å²) in [4.78, 5) is 20.3. The zero-order valence-corrected chi connectivity index (χ0v) is 10.7. The predicted octanol–water partition coefficient (Wildman–Crippen LogP) is 2.85. The molecule has 0 fully saturated rings.